The van der Waals surface area contributed by atoms with Crippen LogP contribution in [-0.2, 0) is 5.54 Å². The Bertz CT molecular complexity index is 631. The van der Waals surface area contributed by atoms with Crippen LogP contribution in [0.1, 0.15) is 32.6 Å². The van der Waals surface area contributed by atoms with Gasteiger partial charge in [-0.25, -0.2) is 0 Å². The molecule has 0 aliphatic heterocycles. The Morgan fingerprint density at radius 1 is 1.44 bits per heavy atom. The number of ether oxygens (including phenoxy) is 1. The largest absolute Gasteiger partial charge is 0.497 e. The highest BCUT2D eigenvalue weighted by molar-refractivity contribution is 7.71. The summed E-state index contributed by atoms with van der Waals surface area (Å²) in [5, 5.41) is 0. The van der Waals surface area contributed by atoms with Crippen molar-refractivity contribution >= 4 is 23.3 Å². The lowest BCUT2D eigenvalue weighted by molar-refractivity contribution is 0.140. The molecule has 1 saturated carbocycles. The number of nitrogens with one attached hydrogen (secondary N) is 1. The van der Waals surface area contributed by atoms with Crippen molar-refractivity contribution in [3.8, 4) is 5.75 Å². The maximum Gasteiger partial charge on any atom is 0.178 e. The first-order chi connectivity index (χ1) is 8.70. The third-order valence-corrected chi connectivity index (χ3v) is 4.59. The molecule has 1 aromatic heterocycles. The van der Waals surface area contributed by atoms with E-state index in [1.165, 1.54) is 24.8 Å². The van der Waals surface area contributed by atoms with E-state index in [0.29, 0.717) is 0 Å². The zero-order chi connectivity index (χ0) is 12.8. The topological polar surface area (TPSA) is 29.9 Å². The maximum absolute atomic E-state index is 5.51. The Morgan fingerprint density at radius 3 is 2.78 bits per heavy atom. The number of imidazole rings is 1. The number of fused-ring (bicyclic) bond motifs is 1. The van der Waals surface area contributed by atoms with Crippen molar-refractivity contribution in [1.82, 2.24) is 9.55 Å². The smallest absolute Gasteiger partial charge is 0.178 e. The highest BCUT2D eigenvalue weighted by atomic mass is 32.1. The molecule has 1 N–H and O–H groups in total. The Labute approximate surface area is 112 Å². The first-order valence-corrected chi connectivity index (χ1v) is 6.90. The van der Waals surface area contributed by atoms with Crippen molar-refractivity contribution in [3.05, 3.63) is 23.0 Å². The molecule has 3 rings (SSSR count). The molecule has 0 bridgehead atoms. The normalized spacial score (nSPS) is 17.7. The molecule has 1 heterocycles. The fourth-order valence-corrected chi connectivity index (χ4v) is 3.41. The molecule has 18 heavy (non-hydrogen) atoms. The van der Waals surface area contributed by atoms with Crippen LogP contribution in [0.5, 0.6) is 5.75 Å². The van der Waals surface area contributed by atoms with E-state index < -0.39 is 0 Å². The monoisotopic (exact) mass is 262 g/mol. The van der Waals surface area contributed by atoms with E-state index in [9.17, 15) is 0 Å². The van der Waals surface area contributed by atoms with E-state index >= 15 is 0 Å². The summed E-state index contributed by atoms with van der Waals surface area (Å²) in [4.78, 5) is 3.31. The molecule has 4 heteroatoms. The summed E-state index contributed by atoms with van der Waals surface area (Å²) in [6.07, 6.45) is 4.91. The van der Waals surface area contributed by atoms with Gasteiger partial charge in [0.1, 0.15) is 5.75 Å². The predicted molar refractivity (Wildman–Crippen MR) is 75.8 cm³/mol. The van der Waals surface area contributed by atoms with Crippen LogP contribution in [0.25, 0.3) is 11.0 Å². The van der Waals surface area contributed by atoms with Gasteiger partial charge in [-0.05, 0) is 50.0 Å². The number of benzene rings is 1. The van der Waals surface area contributed by atoms with Gasteiger partial charge in [-0.3, -0.25) is 0 Å². The van der Waals surface area contributed by atoms with Crippen LogP contribution < -0.4 is 4.74 Å². The van der Waals surface area contributed by atoms with Crippen molar-refractivity contribution in [3.63, 3.8) is 0 Å². The van der Waals surface area contributed by atoms with E-state index in [1.807, 2.05) is 12.1 Å². The number of hydrogen-bond acceptors (Lipinski definition) is 2. The minimum absolute atomic E-state index is 0.240. The molecule has 96 valence electrons. The summed E-state index contributed by atoms with van der Waals surface area (Å²) in [5.74, 6) is 0.866. The SMILES string of the molecule is CCC1(n2c(=S)[nH]c3cc(OC)ccc32)CCC1. The maximum atomic E-state index is 5.51. The standard InChI is InChI=1S/C14H18N2OS/c1-3-14(7-4-8-14)16-12-6-5-10(17-2)9-11(12)15-13(16)18/h5-6,9H,3-4,7-8H2,1-2H3,(H,15,18). The van der Waals surface area contributed by atoms with Crippen molar-refractivity contribution in [1.29, 1.82) is 0 Å². The Hall–Kier alpha value is -1.29. The summed E-state index contributed by atoms with van der Waals surface area (Å²) in [5.41, 5.74) is 2.51. The summed E-state index contributed by atoms with van der Waals surface area (Å²) in [6.45, 7) is 2.25. The van der Waals surface area contributed by atoms with Crippen LogP contribution in [-0.4, -0.2) is 16.7 Å². The molecule has 0 unspecified atom stereocenters. The molecule has 1 aliphatic carbocycles. The van der Waals surface area contributed by atoms with Crippen molar-refractivity contribution in [2.45, 2.75) is 38.1 Å². The zero-order valence-electron chi connectivity index (χ0n) is 10.8. The number of H-pyrrole nitrogens is 1. The molecule has 0 saturated heterocycles. The minimum Gasteiger partial charge on any atom is -0.497 e. The van der Waals surface area contributed by atoms with E-state index in [0.717, 1.165) is 22.5 Å². The number of aromatic nitrogens is 2. The summed E-state index contributed by atoms with van der Waals surface area (Å²) in [7, 11) is 1.69. The lowest BCUT2D eigenvalue weighted by Gasteiger charge is -2.43. The van der Waals surface area contributed by atoms with E-state index in [2.05, 4.69) is 22.5 Å². The molecule has 0 atom stereocenters. The number of methoxy groups -OCH3 is 1. The quantitative estimate of drug-likeness (QED) is 0.847. The average Bonchev–Trinajstić information content (AvgIpc) is 2.65. The van der Waals surface area contributed by atoms with Crippen LogP contribution in [0.3, 0.4) is 0 Å². The van der Waals surface area contributed by atoms with Gasteiger partial charge in [0.2, 0.25) is 0 Å². The third-order valence-electron chi connectivity index (χ3n) is 4.31. The van der Waals surface area contributed by atoms with Crippen molar-refractivity contribution in [2.75, 3.05) is 7.11 Å². The lowest BCUT2D eigenvalue weighted by Crippen LogP contribution is -2.39. The highest BCUT2D eigenvalue weighted by Crippen LogP contribution is 2.44. The molecule has 3 nitrogen and oxygen atoms in total. The summed E-state index contributed by atoms with van der Waals surface area (Å²) >= 11 is 5.51. The molecule has 0 amide bonds. The van der Waals surface area contributed by atoms with Gasteiger partial charge >= 0.3 is 0 Å². The second-order valence-electron chi connectivity index (χ2n) is 5.08. The molecular weight excluding hydrogens is 244 g/mol. The summed E-state index contributed by atoms with van der Waals surface area (Å²) < 4.78 is 8.41. The van der Waals surface area contributed by atoms with Gasteiger partial charge < -0.3 is 14.3 Å². The first kappa shape index (κ1) is 11.8. The summed E-state index contributed by atoms with van der Waals surface area (Å²) in [6, 6.07) is 6.13. The molecule has 1 aliphatic rings. The van der Waals surface area contributed by atoms with Crippen molar-refractivity contribution < 1.29 is 4.74 Å². The number of nitrogens with zero attached hydrogens (tertiary/aromatic N) is 1. The van der Waals surface area contributed by atoms with E-state index in [-0.39, 0.29) is 5.54 Å². The fourth-order valence-electron chi connectivity index (χ4n) is 3.01. The van der Waals surface area contributed by atoms with Gasteiger partial charge in [-0.2, -0.15) is 0 Å². The second kappa shape index (κ2) is 4.12. The van der Waals surface area contributed by atoms with Crippen LogP contribution in [0.15, 0.2) is 18.2 Å². The number of hydrogen-bond donors (Lipinski definition) is 1. The van der Waals surface area contributed by atoms with Gasteiger partial charge in [-0.15, -0.1) is 0 Å². The van der Waals surface area contributed by atoms with E-state index in [4.69, 9.17) is 17.0 Å². The molecule has 0 radical (unpaired) electrons. The molecule has 2 aromatic rings. The lowest BCUT2D eigenvalue weighted by atomic mass is 9.74. The number of aromatic amines is 1. The van der Waals surface area contributed by atoms with Gasteiger partial charge in [0.25, 0.3) is 0 Å². The van der Waals surface area contributed by atoms with Crippen LogP contribution in [0, 0.1) is 4.77 Å². The second-order valence-corrected chi connectivity index (χ2v) is 5.47. The van der Waals surface area contributed by atoms with E-state index in [1.54, 1.807) is 7.11 Å². The van der Waals surface area contributed by atoms with Gasteiger partial charge in [0, 0.05) is 11.6 Å². The third kappa shape index (κ3) is 1.52. The predicted octanol–water partition coefficient (Wildman–Crippen LogP) is 4.00. The highest BCUT2D eigenvalue weighted by Gasteiger charge is 2.38. The average molecular weight is 262 g/mol. The van der Waals surface area contributed by atoms with Crippen molar-refractivity contribution in [2.24, 2.45) is 0 Å². The van der Waals surface area contributed by atoms with Gasteiger partial charge in [0.05, 0.1) is 18.1 Å². The Morgan fingerprint density at radius 2 is 2.22 bits per heavy atom. The first-order valence-electron chi connectivity index (χ1n) is 6.49. The fraction of sp³-hybridized carbons (Fsp3) is 0.500. The minimum atomic E-state index is 0.240. The van der Waals surface area contributed by atoms with Crippen LogP contribution >= 0.6 is 12.2 Å². The van der Waals surface area contributed by atoms with Crippen LogP contribution in [0.4, 0.5) is 0 Å². The molecule has 1 aromatic carbocycles. The molecule has 1 fully saturated rings. The number of rotatable bonds is 3. The zero-order valence-corrected chi connectivity index (χ0v) is 11.6. The van der Waals surface area contributed by atoms with Crippen LogP contribution in [0.2, 0.25) is 0 Å². The Balaban J connectivity index is 2.23. The van der Waals surface area contributed by atoms with Gasteiger partial charge in [-0.1, -0.05) is 6.92 Å². The van der Waals surface area contributed by atoms with Gasteiger partial charge in [0.15, 0.2) is 4.77 Å². The molecular formula is C14H18N2OS. The molecule has 0 spiro atoms. The Kier molecular flexibility index (Phi) is 2.70.